The molecule has 1 amide bonds. The summed E-state index contributed by atoms with van der Waals surface area (Å²) < 4.78 is 70.7. The molecule has 45 heavy (non-hydrogen) atoms. The minimum atomic E-state index is -4.89. The molecule has 0 saturated heterocycles. The summed E-state index contributed by atoms with van der Waals surface area (Å²) in [7, 11) is -9.79. The first-order valence-electron chi connectivity index (χ1n) is 12.7. The van der Waals surface area contributed by atoms with E-state index in [4.69, 9.17) is 0 Å². The van der Waals surface area contributed by atoms with Crippen LogP contribution < -0.4 is 5.32 Å². The summed E-state index contributed by atoms with van der Waals surface area (Å²) in [6.07, 6.45) is 0. The van der Waals surface area contributed by atoms with Gasteiger partial charge in [0.2, 0.25) is 5.65 Å². The van der Waals surface area contributed by atoms with Crippen LogP contribution in [0.25, 0.3) is 17.0 Å². The van der Waals surface area contributed by atoms with Crippen LogP contribution in [-0.4, -0.2) is 56.0 Å². The molecule has 5 aromatic rings. The minimum absolute atomic E-state index is 0.247. The zero-order chi connectivity index (χ0) is 32.9. The predicted molar refractivity (Wildman–Crippen MR) is 161 cm³/mol. The standard InChI is InChI=1S/C26H23N9O7S3/c1-13-19(12-27)25(43-34-13)31-30-20-21(26(2,3)4)32-35-23(20)29-22(33-35)14-5-7-16(8-6-14)28-24(36)15-9-17(44(37,38)39)11-18(10-15)45(40,41)42/h5-11,32H,1-4H3,(H,28,36)(H,37,38,39)(H,40,41,42). The Kier molecular flexibility index (Phi) is 7.88. The molecule has 4 N–H and O–H groups in total. The van der Waals surface area contributed by atoms with Crippen LogP contribution in [0.5, 0.6) is 0 Å². The van der Waals surface area contributed by atoms with Crippen molar-refractivity contribution in [2.45, 2.75) is 42.9 Å². The molecule has 0 bridgehead atoms. The van der Waals surface area contributed by atoms with Gasteiger partial charge in [0.1, 0.15) is 11.6 Å². The second-order valence-corrected chi connectivity index (χ2v) is 14.3. The fourth-order valence-corrected chi connectivity index (χ4v) is 5.97. The Morgan fingerprint density at radius 2 is 1.67 bits per heavy atom. The first-order valence-corrected chi connectivity index (χ1v) is 16.4. The average Bonchev–Trinajstić information content (AvgIpc) is 3.63. The van der Waals surface area contributed by atoms with Gasteiger partial charge < -0.3 is 5.32 Å². The lowest BCUT2D eigenvalue weighted by Gasteiger charge is -2.16. The van der Waals surface area contributed by atoms with Gasteiger partial charge in [-0.05, 0) is 60.9 Å². The summed E-state index contributed by atoms with van der Waals surface area (Å²) in [5, 5.41) is 28.7. The van der Waals surface area contributed by atoms with Crippen molar-refractivity contribution in [3.05, 3.63) is 65.0 Å². The van der Waals surface area contributed by atoms with Gasteiger partial charge in [-0.1, -0.05) is 20.8 Å². The van der Waals surface area contributed by atoms with Crippen molar-refractivity contribution < 1.29 is 30.7 Å². The number of nitrogens with zero attached hydrogens (tertiary/aromatic N) is 7. The number of carbonyl (C=O) groups is 1. The lowest BCUT2D eigenvalue weighted by molar-refractivity contribution is 0.102. The minimum Gasteiger partial charge on any atom is -0.322 e. The zero-order valence-electron chi connectivity index (χ0n) is 23.8. The lowest BCUT2D eigenvalue weighted by Crippen LogP contribution is -2.14. The highest BCUT2D eigenvalue weighted by Crippen LogP contribution is 2.37. The van der Waals surface area contributed by atoms with Crippen LogP contribution in [0.4, 0.5) is 16.4 Å². The number of aryl methyl sites for hydroxylation is 1. The molecule has 5 rings (SSSR count). The van der Waals surface area contributed by atoms with Crippen molar-refractivity contribution in [1.29, 1.82) is 5.26 Å². The summed E-state index contributed by atoms with van der Waals surface area (Å²) in [5.41, 5.74) is 2.38. The summed E-state index contributed by atoms with van der Waals surface area (Å²) in [4.78, 5) is 15.7. The van der Waals surface area contributed by atoms with E-state index in [-0.39, 0.29) is 11.1 Å². The monoisotopic (exact) mass is 669 g/mol. The van der Waals surface area contributed by atoms with Gasteiger partial charge in [0.15, 0.2) is 16.5 Å². The zero-order valence-corrected chi connectivity index (χ0v) is 26.3. The third-order valence-corrected chi connectivity index (χ3v) is 8.85. The van der Waals surface area contributed by atoms with Crippen LogP contribution in [0.2, 0.25) is 0 Å². The summed E-state index contributed by atoms with van der Waals surface area (Å²) in [5.74, 6) is -0.604. The Morgan fingerprint density at radius 3 is 2.22 bits per heavy atom. The molecular weight excluding hydrogens is 647 g/mol. The van der Waals surface area contributed by atoms with E-state index >= 15 is 0 Å². The first-order chi connectivity index (χ1) is 21.0. The van der Waals surface area contributed by atoms with E-state index in [1.165, 1.54) is 16.8 Å². The average molecular weight is 670 g/mol. The molecule has 0 radical (unpaired) electrons. The molecule has 0 atom stereocenters. The normalized spacial score (nSPS) is 12.6. The maximum Gasteiger partial charge on any atom is 0.294 e. The van der Waals surface area contributed by atoms with Gasteiger partial charge in [0.25, 0.3) is 26.1 Å². The molecular formula is C26H23N9O7S3. The molecule has 3 aromatic heterocycles. The predicted octanol–water partition coefficient (Wildman–Crippen LogP) is 4.82. The van der Waals surface area contributed by atoms with E-state index in [9.17, 15) is 36.0 Å². The molecule has 0 aliphatic rings. The van der Waals surface area contributed by atoms with E-state index in [2.05, 4.69) is 41.2 Å². The second-order valence-electron chi connectivity index (χ2n) is 10.7. The molecule has 0 aliphatic heterocycles. The molecule has 0 unspecified atom stereocenters. The number of benzene rings is 2. The van der Waals surface area contributed by atoms with Crippen molar-refractivity contribution in [1.82, 2.24) is 24.2 Å². The van der Waals surface area contributed by atoms with Gasteiger partial charge in [-0.2, -0.15) is 31.1 Å². The lowest BCUT2D eigenvalue weighted by atomic mass is 9.91. The molecule has 19 heteroatoms. The Bertz CT molecular complexity index is 2220. The van der Waals surface area contributed by atoms with Crippen LogP contribution >= 0.6 is 11.5 Å². The van der Waals surface area contributed by atoms with Crippen molar-refractivity contribution >= 4 is 59.7 Å². The number of anilines is 1. The topological polar surface area (TPSA) is 245 Å². The summed E-state index contributed by atoms with van der Waals surface area (Å²) in [6.45, 7) is 7.65. The number of amides is 1. The third-order valence-electron chi connectivity index (χ3n) is 6.36. The number of H-pyrrole nitrogens is 1. The second kappa shape index (κ2) is 11.2. The van der Waals surface area contributed by atoms with Gasteiger partial charge in [-0.25, -0.2) is 4.98 Å². The van der Waals surface area contributed by atoms with E-state index in [0.29, 0.717) is 50.7 Å². The number of carbonyl (C=O) groups excluding carboxylic acids is 1. The fraction of sp³-hybridized carbons (Fsp3) is 0.192. The van der Waals surface area contributed by atoms with Crippen LogP contribution in [0.3, 0.4) is 0 Å². The van der Waals surface area contributed by atoms with Crippen molar-refractivity contribution in [2.24, 2.45) is 10.2 Å². The molecule has 16 nitrogen and oxygen atoms in total. The molecule has 0 fully saturated rings. The Morgan fingerprint density at radius 1 is 1.04 bits per heavy atom. The van der Waals surface area contributed by atoms with Crippen molar-refractivity contribution in [3.8, 4) is 17.5 Å². The maximum atomic E-state index is 12.8. The SMILES string of the molecule is Cc1nsc(N=Nc2c(C(C)(C)C)[nH]n3nc(-c4ccc(NC(=O)c5cc(S(=O)(=O)O)cc(S(=O)(=O)O)c5)cc4)nc23)c1C#N. The van der Waals surface area contributed by atoms with E-state index < -0.39 is 41.5 Å². The Balaban J connectivity index is 1.44. The maximum absolute atomic E-state index is 12.8. The third kappa shape index (κ3) is 6.50. The smallest absolute Gasteiger partial charge is 0.294 e. The number of hydrogen-bond acceptors (Lipinski definition) is 12. The van der Waals surface area contributed by atoms with Gasteiger partial charge >= 0.3 is 0 Å². The molecule has 0 spiro atoms. The molecule has 0 aliphatic carbocycles. The number of rotatable bonds is 7. The highest BCUT2D eigenvalue weighted by molar-refractivity contribution is 7.86. The van der Waals surface area contributed by atoms with Gasteiger partial charge in [0.05, 0.1) is 21.2 Å². The number of aromatic nitrogens is 5. The van der Waals surface area contributed by atoms with Gasteiger partial charge in [0, 0.05) is 22.2 Å². The highest BCUT2D eigenvalue weighted by Gasteiger charge is 2.26. The van der Waals surface area contributed by atoms with E-state index in [1.807, 2.05) is 20.8 Å². The summed E-state index contributed by atoms with van der Waals surface area (Å²) >= 11 is 1.06. The molecule has 232 valence electrons. The van der Waals surface area contributed by atoms with Crippen LogP contribution in [0.1, 0.15) is 48.1 Å². The van der Waals surface area contributed by atoms with Crippen LogP contribution in [-0.2, 0) is 25.7 Å². The van der Waals surface area contributed by atoms with Gasteiger partial charge in [-0.15, -0.1) is 15.3 Å². The number of nitrogens with one attached hydrogen (secondary N) is 2. The number of nitriles is 1. The van der Waals surface area contributed by atoms with Gasteiger partial charge in [-0.3, -0.25) is 19.0 Å². The summed E-state index contributed by atoms with van der Waals surface area (Å²) in [6, 6.07) is 10.4. The number of fused-ring (bicyclic) bond motifs is 1. The Labute approximate surface area is 260 Å². The number of azo groups is 1. The van der Waals surface area contributed by atoms with Crippen LogP contribution in [0.15, 0.2) is 62.5 Å². The highest BCUT2D eigenvalue weighted by atomic mass is 32.2. The van der Waals surface area contributed by atoms with Crippen LogP contribution in [0, 0.1) is 18.3 Å². The van der Waals surface area contributed by atoms with E-state index in [1.54, 1.807) is 19.1 Å². The van der Waals surface area contributed by atoms with Crippen molar-refractivity contribution in [3.63, 3.8) is 0 Å². The first kappa shape index (κ1) is 31.6. The molecule has 2 aromatic carbocycles. The fourth-order valence-electron chi connectivity index (χ4n) is 4.11. The number of hydrogen-bond donors (Lipinski definition) is 4. The molecule has 3 heterocycles. The largest absolute Gasteiger partial charge is 0.322 e. The van der Waals surface area contributed by atoms with E-state index in [0.717, 1.165) is 23.7 Å². The number of aromatic amines is 1. The molecule has 0 saturated carbocycles. The quantitative estimate of drug-likeness (QED) is 0.135. The Hall–Kier alpha value is -4.87. The van der Waals surface area contributed by atoms with Crippen molar-refractivity contribution in [2.75, 3.05) is 5.32 Å².